The molecule has 1 N–H and O–H groups in total. The van der Waals surface area contributed by atoms with Gasteiger partial charge in [0.2, 0.25) is 0 Å². The lowest BCUT2D eigenvalue weighted by Crippen LogP contribution is -2.12. The first kappa shape index (κ1) is 16.1. The number of nitrogens with one attached hydrogen (secondary N) is 1. The van der Waals surface area contributed by atoms with E-state index in [2.05, 4.69) is 19.0 Å². The first-order valence-electron chi connectivity index (χ1n) is 7.88. The van der Waals surface area contributed by atoms with Crippen LogP contribution < -0.4 is 5.56 Å². The summed E-state index contributed by atoms with van der Waals surface area (Å²) in [6.45, 7) is 6.34. The Morgan fingerprint density at radius 3 is 2.11 bits per heavy atom. The van der Waals surface area contributed by atoms with Crippen molar-refractivity contribution in [2.75, 3.05) is 0 Å². The van der Waals surface area contributed by atoms with Crippen LogP contribution in [0, 0.1) is 6.92 Å². The standard InChI is InChI=1S/C16H29NO2/c1-4-6-8-10-12-14(11-9-7-5-2)15-13(3)19-17-16(15)18/h14H,4-12H2,1-3H3,(H,17,18). The maximum atomic E-state index is 11.9. The van der Waals surface area contributed by atoms with E-state index in [9.17, 15) is 4.79 Å². The van der Waals surface area contributed by atoms with Gasteiger partial charge in [0, 0.05) is 0 Å². The molecule has 3 nitrogen and oxygen atoms in total. The van der Waals surface area contributed by atoms with Crippen LogP contribution in [0.25, 0.3) is 0 Å². The van der Waals surface area contributed by atoms with Crippen molar-refractivity contribution >= 4 is 0 Å². The van der Waals surface area contributed by atoms with E-state index < -0.39 is 0 Å². The van der Waals surface area contributed by atoms with Crippen molar-refractivity contribution in [1.29, 1.82) is 0 Å². The fourth-order valence-electron chi connectivity index (χ4n) is 2.76. The van der Waals surface area contributed by atoms with Crippen molar-refractivity contribution in [2.45, 2.75) is 84.5 Å². The molecule has 0 aromatic carbocycles. The molecule has 0 bridgehead atoms. The Kier molecular flexibility index (Phi) is 7.61. The van der Waals surface area contributed by atoms with E-state index in [1.54, 1.807) is 0 Å². The number of rotatable bonds is 10. The molecule has 0 amide bonds. The second-order valence-corrected chi connectivity index (χ2v) is 5.55. The highest BCUT2D eigenvalue weighted by atomic mass is 16.5. The van der Waals surface area contributed by atoms with E-state index in [0.29, 0.717) is 5.92 Å². The van der Waals surface area contributed by atoms with Crippen LogP contribution in [0.1, 0.15) is 88.9 Å². The van der Waals surface area contributed by atoms with Crippen LogP contribution in [-0.4, -0.2) is 5.16 Å². The number of hydrogen-bond donors (Lipinski definition) is 1. The van der Waals surface area contributed by atoms with Crippen molar-refractivity contribution in [3.63, 3.8) is 0 Å². The molecule has 19 heavy (non-hydrogen) atoms. The lowest BCUT2D eigenvalue weighted by atomic mass is 9.88. The SMILES string of the molecule is CCCCCCC(CCCCC)c1c(C)o[nH]c1=O. The van der Waals surface area contributed by atoms with E-state index >= 15 is 0 Å². The number of hydrogen-bond acceptors (Lipinski definition) is 2. The third-order valence-corrected chi connectivity index (χ3v) is 3.89. The highest BCUT2D eigenvalue weighted by Crippen LogP contribution is 2.28. The molecule has 0 spiro atoms. The van der Waals surface area contributed by atoms with Crippen LogP contribution in [-0.2, 0) is 0 Å². The minimum Gasteiger partial charge on any atom is -0.384 e. The molecule has 1 aromatic rings. The predicted molar refractivity (Wildman–Crippen MR) is 79.7 cm³/mol. The minimum atomic E-state index is -0.0190. The van der Waals surface area contributed by atoms with Gasteiger partial charge in [-0.25, -0.2) is 0 Å². The molecule has 0 aliphatic rings. The molecule has 0 aliphatic carbocycles. The summed E-state index contributed by atoms with van der Waals surface area (Å²) >= 11 is 0. The van der Waals surface area contributed by atoms with Gasteiger partial charge in [0.1, 0.15) is 5.76 Å². The van der Waals surface area contributed by atoms with E-state index in [0.717, 1.165) is 24.2 Å². The number of unbranched alkanes of at least 4 members (excludes halogenated alkanes) is 5. The van der Waals surface area contributed by atoms with Crippen LogP contribution >= 0.6 is 0 Å². The van der Waals surface area contributed by atoms with E-state index in [1.807, 2.05) is 6.92 Å². The zero-order valence-corrected chi connectivity index (χ0v) is 12.8. The molecule has 0 saturated heterocycles. The largest absolute Gasteiger partial charge is 0.384 e. The quantitative estimate of drug-likeness (QED) is 0.612. The highest BCUT2D eigenvalue weighted by molar-refractivity contribution is 5.17. The van der Waals surface area contributed by atoms with Gasteiger partial charge in [0.05, 0.1) is 5.56 Å². The normalized spacial score (nSPS) is 12.8. The van der Waals surface area contributed by atoms with Crippen LogP contribution in [0.15, 0.2) is 9.32 Å². The summed E-state index contributed by atoms with van der Waals surface area (Å²) in [5.74, 6) is 1.16. The lowest BCUT2D eigenvalue weighted by Gasteiger charge is -2.15. The predicted octanol–water partition coefficient (Wildman–Crippen LogP) is 4.91. The molecule has 110 valence electrons. The van der Waals surface area contributed by atoms with Gasteiger partial charge in [-0.05, 0) is 25.7 Å². The first-order chi connectivity index (χ1) is 9.20. The molecular formula is C16H29NO2. The molecular weight excluding hydrogens is 238 g/mol. The second-order valence-electron chi connectivity index (χ2n) is 5.55. The Balaban J connectivity index is 2.61. The van der Waals surface area contributed by atoms with Gasteiger partial charge in [-0.3, -0.25) is 4.79 Å². The molecule has 1 unspecified atom stereocenters. The molecule has 1 heterocycles. The monoisotopic (exact) mass is 267 g/mol. The number of aromatic amines is 1. The first-order valence-corrected chi connectivity index (χ1v) is 7.88. The molecule has 1 atom stereocenters. The number of H-pyrrole nitrogens is 1. The van der Waals surface area contributed by atoms with Crippen LogP contribution in [0.3, 0.4) is 0 Å². The Morgan fingerprint density at radius 1 is 1.00 bits per heavy atom. The van der Waals surface area contributed by atoms with Crippen molar-refractivity contribution in [3.8, 4) is 0 Å². The molecule has 0 aliphatic heterocycles. The zero-order valence-electron chi connectivity index (χ0n) is 12.8. The topological polar surface area (TPSA) is 46.0 Å². The van der Waals surface area contributed by atoms with Crippen LogP contribution in [0.2, 0.25) is 0 Å². The van der Waals surface area contributed by atoms with Gasteiger partial charge in [-0.15, -0.1) is 0 Å². The minimum absolute atomic E-state index is 0.0190. The Bertz CT molecular complexity index is 392. The van der Waals surface area contributed by atoms with E-state index in [1.165, 1.54) is 44.9 Å². The maximum absolute atomic E-state index is 11.9. The summed E-state index contributed by atoms with van der Waals surface area (Å²) in [6, 6.07) is 0. The Labute approximate surface area is 116 Å². The number of aryl methyl sites for hydroxylation is 1. The fraction of sp³-hybridized carbons (Fsp3) is 0.812. The van der Waals surface area contributed by atoms with Crippen molar-refractivity contribution in [2.24, 2.45) is 0 Å². The van der Waals surface area contributed by atoms with Crippen molar-refractivity contribution in [1.82, 2.24) is 5.16 Å². The molecule has 3 heteroatoms. The van der Waals surface area contributed by atoms with Gasteiger partial charge in [-0.2, -0.15) is 5.16 Å². The average molecular weight is 267 g/mol. The molecule has 0 radical (unpaired) electrons. The maximum Gasteiger partial charge on any atom is 0.283 e. The van der Waals surface area contributed by atoms with E-state index in [4.69, 9.17) is 4.52 Å². The van der Waals surface area contributed by atoms with Gasteiger partial charge in [-0.1, -0.05) is 58.8 Å². The highest BCUT2D eigenvalue weighted by Gasteiger charge is 2.19. The van der Waals surface area contributed by atoms with Gasteiger partial charge in [0.15, 0.2) is 0 Å². The smallest absolute Gasteiger partial charge is 0.283 e. The summed E-state index contributed by atoms with van der Waals surface area (Å²) in [5, 5.41) is 2.48. The Morgan fingerprint density at radius 2 is 1.58 bits per heavy atom. The average Bonchev–Trinajstić information content (AvgIpc) is 2.73. The lowest BCUT2D eigenvalue weighted by molar-refractivity contribution is 0.389. The van der Waals surface area contributed by atoms with Crippen LogP contribution in [0.5, 0.6) is 0 Å². The number of aromatic nitrogens is 1. The molecule has 0 saturated carbocycles. The van der Waals surface area contributed by atoms with Crippen LogP contribution in [0.4, 0.5) is 0 Å². The molecule has 1 aromatic heterocycles. The van der Waals surface area contributed by atoms with Gasteiger partial charge < -0.3 is 4.52 Å². The summed E-state index contributed by atoms with van der Waals surface area (Å²) in [4.78, 5) is 11.9. The van der Waals surface area contributed by atoms with E-state index in [-0.39, 0.29) is 5.56 Å². The third-order valence-electron chi connectivity index (χ3n) is 3.89. The third kappa shape index (κ3) is 5.25. The second kappa shape index (κ2) is 9.00. The zero-order chi connectivity index (χ0) is 14.1. The summed E-state index contributed by atoms with van der Waals surface area (Å²) in [7, 11) is 0. The summed E-state index contributed by atoms with van der Waals surface area (Å²) in [5.41, 5.74) is 0.877. The Hall–Kier alpha value is -0.990. The van der Waals surface area contributed by atoms with Crippen molar-refractivity contribution in [3.05, 3.63) is 21.7 Å². The van der Waals surface area contributed by atoms with Crippen molar-refractivity contribution < 1.29 is 4.52 Å². The van der Waals surface area contributed by atoms with Gasteiger partial charge >= 0.3 is 0 Å². The molecule has 1 rings (SSSR count). The summed E-state index contributed by atoms with van der Waals surface area (Å²) in [6.07, 6.45) is 11.0. The molecule has 0 fully saturated rings. The summed E-state index contributed by atoms with van der Waals surface area (Å²) < 4.78 is 5.17. The van der Waals surface area contributed by atoms with Gasteiger partial charge in [0.25, 0.3) is 5.56 Å². The fourth-order valence-corrected chi connectivity index (χ4v) is 2.76.